The molecule has 6 heteroatoms. The van der Waals surface area contributed by atoms with E-state index >= 15 is 0 Å². The molecular formula is C25H23NO5. The van der Waals surface area contributed by atoms with Crippen molar-refractivity contribution < 1.29 is 23.9 Å². The average Bonchev–Trinajstić information content (AvgIpc) is 3.47. The number of amides is 2. The van der Waals surface area contributed by atoms with Gasteiger partial charge in [0.1, 0.15) is 12.4 Å². The van der Waals surface area contributed by atoms with E-state index in [9.17, 15) is 14.4 Å². The zero-order valence-corrected chi connectivity index (χ0v) is 17.2. The fourth-order valence-electron chi connectivity index (χ4n) is 4.97. The van der Waals surface area contributed by atoms with Crippen molar-refractivity contribution in [1.82, 2.24) is 0 Å². The van der Waals surface area contributed by atoms with Gasteiger partial charge in [0.05, 0.1) is 29.7 Å². The van der Waals surface area contributed by atoms with Gasteiger partial charge < -0.3 is 9.47 Å². The Labute approximate surface area is 180 Å². The van der Waals surface area contributed by atoms with E-state index in [-0.39, 0.29) is 41.5 Å². The Bertz CT molecular complexity index is 1030. The molecule has 0 radical (unpaired) electrons. The molecule has 0 spiro atoms. The SMILES string of the molecule is CCOC(=O)c1ccc(COc2ccc(N3C(=O)C4C5C=CC(C5)C4C3=O)cc2)cc1. The highest BCUT2D eigenvalue weighted by molar-refractivity contribution is 6.22. The summed E-state index contributed by atoms with van der Waals surface area (Å²) in [5, 5.41) is 0. The summed E-state index contributed by atoms with van der Waals surface area (Å²) in [6, 6.07) is 14.1. The lowest BCUT2D eigenvalue weighted by atomic mass is 9.85. The van der Waals surface area contributed by atoms with Crippen LogP contribution in [-0.2, 0) is 20.9 Å². The molecule has 2 aromatic carbocycles. The van der Waals surface area contributed by atoms with E-state index in [0.29, 0.717) is 30.2 Å². The van der Waals surface area contributed by atoms with Gasteiger partial charge in [0.2, 0.25) is 11.8 Å². The number of esters is 1. The molecule has 4 atom stereocenters. The van der Waals surface area contributed by atoms with Crippen molar-refractivity contribution >= 4 is 23.5 Å². The molecule has 1 aliphatic heterocycles. The van der Waals surface area contributed by atoms with E-state index in [1.165, 1.54) is 4.90 Å². The maximum Gasteiger partial charge on any atom is 0.338 e. The molecule has 3 aliphatic rings. The summed E-state index contributed by atoms with van der Waals surface area (Å²) in [4.78, 5) is 38.9. The van der Waals surface area contributed by atoms with Crippen LogP contribution in [0, 0.1) is 23.7 Å². The fraction of sp³-hybridized carbons (Fsp3) is 0.320. The van der Waals surface area contributed by atoms with E-state index in [1.807, 2.05) is 12.1 Å². The number of nitrogens with zero attached hydrogens (tertiary/aromatic N) is 1. The van der Waals surface area contributed by atoms with E-state index < -0.39 is 0 Å². The Morgan fingerprint density at radius 3 is 2.13 bits per heavy atom. The lowest BCUT2D eigenvalue weighted by molar-refractivity contribution is -0.123. The third kappa shape index (κ3) is 3.32. The Hall–Kier alpha value is -3.41. The molecule has 2 amide bonds. The number of hydrogen-bond acceptors (Lipinski definition) is 5. The first kappa shape index (κ1) is 19.5. The van der Waals surface area contributed by atoms with Crippen LogP contribution in [0.15, 0.2) is 60.7 Å². The summed E-state index contributed by atoms with van der Waals surface area (Å²) in [7, 11) is 0. The topological polar surface area (TPSA) is 72.9 Å². The van der Waals surface area contributed by atoms with Gasteiger partial charge in [-0.25, -0.2) is 4.79 Å². The van der Waals surface area contributed by atoms with Crippen molar-refractivity contribution in [2.75, 3.05) is 11.5 Å². The Morgan fingerprint density at radius 1 is 0.935 bits per heavy atom. The van der Waals surface area contributed by atoms with E-state index in [0.717, 1.165) is 12.0 Å². The average molecular weight is 417 g/mol. The highest BCUT2D eigenvalue weighted by atomic mass is 16.5. The summed E-state index contributed by atoms with van der Waals surface area (Å²) in [6.07, 6.45) is 5.11. The van der Waals surface area contributed by atoms with Crippen LogP contribution in [0.1, 0.15) is 29.3 Å². The van der Waals surface area contributed by atoms with Gasteiger partial charge in [-0.05, 0) is 67.1 Å². The maximum absolute atomic E-state index is 12.9. The second kappa shape index (κ2) is 7.69. The Morgan fingerprint density at radius 2 is 1.55 bits per heavy atom. The molecule has 0 N–H and O–H groups in total. The predicted molar refractivity (Wildman–Crippen MR) is 113 cm³/mol. The molecule has 2 aromatic rings. The highest BCUT2D eigenvalue weighted by Gasteiger charge is 2.59. The lowest BCUT2D eigenvalue weighted by Crippen LogP contribution is -2.32. The minimum atomic E-state index is -0.343. The highest BCUT2D eigenvalue weighted by Crippen LogP contribution is 2.53. The van der Waals surface area contributed by atoms with Crippen molar-refractivity contribution in [3.05, 3.63) is 71.8 Å². The second-order valence-electron chi connectivity index (χ2n) is 8.21. The zero-order chi connectivity index (χ0) is 21.5. The first-order valence-electron chi connectivity index (χ1n) is 10.6. The van der Waals surface area contributed by atoms with Gasteiger partial charge in [0.15, 0.2) is 0 Å². The first-order valence-corrected chi connectivity index (χ1v) is 10.6. The number of imide groups is 1. The summed E-state index contributed by atoms with van der Waals surface area (Å²) in [6.45, 7) is 2.45. The van der Waals surface area contributed by atoms with Crippen LogP contribution in [-0.4, -0.2) is 24.4 Å². The lowest BCUT2D eigenvalue weighted by Gasteiger charge is -2.17. The van der Waals surface area contributed by atoms with Crippen LogP contribution < -0.4 is 9.64 Å². The normalized spacial score (nSPS) is 25.8. The summed E-state index contributed by atoms with van der Waals surface area (Å²) >= 11 is 0. The Balaban J connectivity index is 1.23. The van der Waals surface area contributed by atoms with Gasteiger partial charge in [-0.1, -0.05) is 24.3 Å². The summed E-state index contributed by atoms with van der Waals surface area (Å²) < 4.78 is 10.8. The fourth-order valence-corrected chi connectivity index (χ4v) is 4.97. The van der Waals surface area contributed by atoms with Gasteiger partial charge in [-0.2, -0.15) is 0 Å². The van der Waals surface area contributed by atoms with Crippen molar-refractivity contribution in [2.24, 2.45) is 23.7 Å². The Kier molecular flexibility index (Phi) is 4.85. The number of fused-ring (bicyclic) bond motifs is 5. The number of benzene rings is 2. The third-order valence-corrected chi connectivity index (χ3v) is 6.44. The van der Waals surface area contributed by atoms with Gasteiger partial charge >= 0.3 is 5.97 Å². The molecule has 6 nitrogen and oxygen atoms in total. The van der Waals surface area contributed by atoms with Gasteiger partial charge in [-0.15, -0.1) is 0 Å². The zero-order valence-electron chi connectivity index (χ0n) is 17.2. The predicted octanol–water partition coefficient (Wildman–Crippen LogP) is 3.75. The number of rotatable bonds is 6. The molecule has 2 bridgehead atoms. The van der Waals surface area contributed by atoms with Gasteiger partial charge in [-0.3, -0.25) is 14.5 Å². The van der Waals surface area contributed by atoms with Crippen molar-refractivity contribution in [2.45, 2.75) is 20.0 Å². The minimum Gasteiger partial charge on any atom is -0.489 e. The number of ether oxygens (including phenoxy) is 2. The van der Waals surface area contributed by atoms with Crippen LogP contribution in [0.3, 0.4) is 0 Å². The van der Waals surface area contributed by atoms with Crippen molar-refractivity contribution in [3.8, 4) is 5.75 Å². The van der Waals surface area contributed by atoms with E-state index in [2.05, 4.69) is 12.2 Å². The summed E-state index contributed by atoms with van der Waals surface area (Å²) in [5.74, 6) is 0.142. The number of anilines is 1. The smallest absolute Gasteiger partial charge is 0.338 e. The molecule has 4 unspecified atom stereocenters. The molecule has 1 saturated carbocycles. The van der Waals surface area contributed by atoms with Crippen LogP contribution in [0.5, 0.6) is 5.75 Å². The molecular weight excluding hydrogens is 394 g/mol. The number of allylic oxidation sites excluding steroid dienone is 2. The van der Waals surface area contributed by atoms with Crippen LogP contribution in [0.2, 0.25) is 0 Å². The van der Waals surface area contributed by atoms with E-state index in [4.69, 9.17) is 9.47 Å². The largest absolute Gasteiger partial charge is 0.489 e. The molecule has 2 fully saturated rings. The van der Waals surface area contributed by atoms with Crippen LogP contribution in [0.25, 0.3) is 0 Å². The van der Waals surface area contributed by atoms with Crippen molar-refractivity contribution in [3.63, 3.8) is 0 Å². The number of carbonyl (C=O) groups excluding carboxylic acids is 3. The molecule has 1 heterocycles. The monoisotopic (exact) mass is 417 g/mol. The quantitative estimate of drug-likeness (QED) is 0.407. The maximum atomic E-state index is 12.9. The number of hydrogen-bond donors (Lipinski definition) is 0. The molecule has 2 aliphatic carbocycles. The molecule has 0 aromatic heterocycles. The first-order chi connectivity index (χ1) is 15.1. The van der Waals surface area contributed by atoms with Crippen LogP contribution in [0.4, 0.5) is 5.69 Å². The van der Waals surface area contributed by atoms with Gasteiger partial charge in [0.25, 0.3) is 0 Å². The minimum absolute atomic E-state index is 0.0813. The molecule has 158 valence electrons. The third-order valence-electron chi connectivity index (χ3n) is 6.44. The standard InChI is InChI=1S/C25H23NO5/c1-2-30-25(29)16-5-3-15(4-6-16)14-31-20-11-9-19(10-12-20)26-23(27)21-17-7-8-18(13-17)22(21)24(26)28/h3-12,17-18,21-22H,2,13-14H2,1H3. The molecule has 31 heavy (non-hydrogen) atoms. The van der Waals surface area contributed by atoms with Crippen molar-refractivity contribution in [1.29, 1.82) is 0 Å². The van der Waals surface area contributed by atoms with Gasteiger partial charge in [0, 0.05) is 0 Å². The molecule has 5 rings (SSSR count). The van der Waals surface area contributed by atoms with Crippen LogP contribution >= 0.6 is 0 Å². The summed E-state index contributed by atoms with van der Waals surface area (Å²) in [5.41, 5.74) is 2.01. The number of carbonyl (C=O) groups is 3. The molecule has 1 saturated heterocycles. The van der Waals surface area contributed by atoms with E-state index in [1.54, 1.807) is 43.3 Å². The second-order valence-corrected chi connectivity index (χ2v) is 8.21.